The molecule has 2 atom stereocenters. The van der Waals surface area contributed by atoms with Gasteiger partial charge in [0, 0.05) is 46.4 Å². The molecule has 1 aromatic heterocycles. The highest BCUT2D eigenvalue weighted by Gasteiger charge is 2.32. The molecule has 1 aliphatic heterocycles. The maximum absolute atomic E-state index is 5.47. The lowest BCUT2D eigenvalue weighted by atomic mass is 10.2. The molecular formula is C16H27N3O2. The summed E-state index contributed by atoms with van der Waals surface area (Å²) in [7, 11) is 3.49. The van der Waals surface area contributed by atoms with Crippen molar-refractivity contribution in [3.8, 4) is 0 Å². The van der Waals surface area contributed by atoms with Gasteiger partial charge in [0.15, 0.2) is 0 Å². The van der Waals surface area contributed by atoms with Gasteiger partial charge in [0.2, 0.25) is 0 Å². The van der Waals surface area contributed by atoms with Gasteiger partial charge in [-0.1, -0.05) is 19.9 Å². The van der Waals surface area contributed by atoms with Crippen LogP contribution in [0.4, 0.5) is 0 Å². The van der Waals surface area contributed by atoms with Crippen molar-refractivity contribution in [1.82, 2.24) is 15.2 Å². The van der Waals surface area contributed by atoms with E-state index in [0.29, 0.717) is 6.04 Å². The van der Waals surface area contributed by atoms with Gasteiger partial charge in [0.25, 0.3) is 0 Å². The second-order valence-electron chi connectivity index (χ2n) is 5.90. The molecule has 118 valence electrons. The van der Waals surface area contributed by atoms with Crippen LogP contribution in [-0.2, 0) is 22.6 Å². The summed E-state index contributed by atoms with van der Waals surface area (Å²) in [5.41, 5.74) is 2.19. The zero-order chi connectivity index (χ0) is 15.2. The summed E-state index contributed by atoms with van der Waals surface area (Å²) in [4.78, 5) is 7.06. The summed E-state index contributed by atoms with van der Waals surface area (Å²) in [6.45, 7) is 7.73. The van der Waals surface area contributed by atoms with Crippen LogP contribution in [0, 0.1) is 0 Å². The SMILES string of the molecule is COC1CN(Cc2cccc(CNC(C)C)n2)CC1OC. The third kappa shape index (κ3) is 4.74. The highest BCUT2D eigenvalue weighted by atomic mass is 16.5. The quantitative estimate of drug-likeness (QED) is 0.824. The van der Waals surface area contributed by atoms with Crippen LogP contribution in [0.25, 0.3) is 0 Å². The zero-order valence-electron chi connectivity index (χ0n) is 13.5. The molecule has 21 heavy (non-hydrogen) atoms. The van der Waals surface area contributed by atoms with Crippen LogP contribution in [0.15, 0.2) is 18.2 Å². The summed E-state index contributed by atoms with van der Waals surface area (Å²) in [6.07, 6.45) is 0.307. The molecule has 1 aliphatic rings. The van der Waals surface area contributed by atoms with Gasteiger partial charge in [-0.3, -0.25) is 9.88 Å². The zero-order valence-corrected chi connectivity index (χ0v) is 13.5. The van der Waals surface area contributed by atoms with Gasteiger partial charge < -0.3 is 14.8 Å². The average Bonchev–Trinajstić information content (AvgIpc) is 2.87. The molecule has 5 nitrogen and oxygen atoms in total. The first-order valence-electron chi connectivity index (χ1n) is 7.58. The molecule has 0 amide bonds. The first-order chi connectivity index (χ1) is 10.1. The fourth-order valence-electron chi connectivity index (χ4n) is 2.65. The highest BCUT2D eigenvalue weighted by molar-refractivity contribution is 5.11. The first kappa shape index (κ1) is 16.4. The van der Waals surface area contributed by atoms with Crippen LogP contribution < -0.4 is 5.32 Å². The predicted octanol–water partition coefficient (Wildman–Crippen LogP) is 1.43. The molecule has 0 aliphatic carbocycles. The van der Waals surface area contributed by atoms with Gasteiger partial charge in [0.05, 0.1) is 23.6 Å². The Morgan fingerprint density at radius 2 is 1.81 bits per heavy atom. The molecule has 2 rings (SSSR count). The molecule has 0 spiro atoms. The van der Waals surface area contributed by atoms with E-state index in [0.717, 1.165) is 37.6 Å². The lowest BCUT2D eigenvalue weighted by molar-refractivity contribution is -0.00461. The van der Waals surface area contributed by atoms with Crippen molar-refractivity contribution in [3.63, 3.8) is 0 Å². The van der Waals surface area contributed by atoms with Gasteiger partial charge in [-0.15, -0.1) is 0 Å². The van der Waals surface area contributed by atoms with E-state index in [1.54, 1.807) is 14.2 Å². The number of rotatable bonds is 7. The molecule has 2 unspecified atom stereocenters. The minimum absolute atomic E-state index is 0.154. The molecule has 0 radical (unpaired) electrons. The average molecular weight is 293 g/mol. The molecule has 1 fully saturated rings. The predicted molar refractivity (Wildman–Crippen MR) is 83.1 cm³/mol. The number of nitrogens with zero attached hydrogens (tertiary/aromatic N) is 2. The van der Waals surface area contributed by atoms with Crippen molar-refractivity contribution in [3.05, 3.63) is 29.6 Å². The highest BCUT2D eigenvalue weighted by Crippen LogP contribution is 2.17. The molecule has 1 aromatic rings. The maximum Gasteiger partial charge on any atom is 0.0971 e. The molecular weight excluding hydrogens is 266 g/mol. The van der Waals surface area contributed by atoms with Crippen molar-refractivity contribution in [2.45, 2.75) is 45.2 Å². The summed E-state index contributed by atoms with van der Waals surface area (Å²) < 4.78 is 10.9. The van der Waals surface area contributed by atoms with E-state index in [2.05, 4.69) is 42.3 Å². The van der Waals surface area contributed by atoms with Crippen LogP contribution in [0.2, 0.25) is 0 Å². The Labute approximate surface area is 127 Å². The second kappa shape index (κ2) is 7.84. The second-order valence-corrected chi connectivity index (χ2v) is 5.90. The minimum Gasteiger partial charge on any atom is -0.377 e. The fourth-order valence-corrected chi connectivity index (χ4v) is 2.65. The Morgan fingerprint density at radius 3 is 2.38 bits per heavy atom. The van der Waals surface area contributed by atoms with Gasteiger partial charge in [-0.2, -0.15) is 0 Å². The van der Waals surface area contributed by atoms with E-state index in [1.807, 2.05) is 0 Å². The summed E-state index contributed by atoms with van der Waals surface area (Å²) in [6, 6.07) is 6.70. The van der Waals surface area contributed by atoms with E-state index in [1.165, 1.54) is 0 Å². The van der Waals surface area contributed by atoms with Crippen LogP contribution in [0.3, 0.4) is 0 Å². The van der Waals surface area contributed by atoms with Gasteiger partial charge >= 0.3 is 0 Å². The molecule has 2 heterocycles. The molecule has 1 N–H and O–H groups in total. The van der Waals surface area contributed by atoms with E-state index >= 15 is 0 Å². The van der Waals surface area contributed by atoms with E-state index in [-0.39, 0.29) is 12.2 Å². The lowest BCUT2D eigenvalue weighted by Gasteiger charge is -2.15. The van der Waals surface area contributed by atoms with Crippen LogP contribution in [0.5, 0.6) is 0 Å². The third-order valence-corrected chi connectivity index (χ3v) is 3.84. The molecule has 1 saturated heterocycles. The number of likely N-dealkylation sites (tertiary alicyclic amines) is 1. The molecule has 5 heteroatoms. The minimum atomic E-state index is 0.154. The van der Waals surface area contributed by atoms with Crippen molar-refractivity contribution < 1.29 is 9.47 Å². The van der Waals surface area contributed by atoms with Crippen LogP contribution >= 0.6 is 0 Å². The Kier molecular flexibility index (Phi) is 6.11. The lowest BCUT2D eigenvalue weighted by Crippen LogP contribution is -2.27. The summed E-state index contributed by atoms with van der Waals surface area (Å²) in [5.74, 6) is 0. The third-order valence-electron chi connectivity index (χ3n) is 3.84. The molecule has 0 bridgehead atoms. The summed E-state index contributed by atoms with van der Waals surface area (Å²) in [5, 5.41) is 3.40. The van der Waals surface area contributed by atoms with Crippen LogP contribution in [-0.4, -0.2) is 55.4 Å². The molecule has 0 saturated carbocycles. The maximum atomic E-state index is 5.47. The number of ether oxygens (including phenoxy) is 2. The Hall–Kier alpha value is -1.01. The number of pyridine rings is 1. The Morgan fingerprint density at radius 1 is 1.19 bits per heavy atom. The summed E-state index contributed by atoms with van der Waals surface area (Å²) >= 11 is 0. The van der Waals surface area contributed by atoms with Gasteiger partial charge in [-0.05, 0) is 12.1 Å². The molecule has 0 aromatic carbocycles. The van der Waals surface area contributed by atoms with Crippen LogP contribution in [0.1, 0.15) is 25.2 Å². The van der Waals surface area contributed by atoms with Gasteiger partial charge in [0.1, 0.15) is 0 Å². The smallest absolute Gasteiger partial charge is 0.0971 e. The first-order valence-corrected chi connectivity index (χ1v) is 7.58. The monoisotopic (exact) mass is 293 g/mol. The van der Waals surface area contributed by atoms with Crippen molar-refractivity contribution in [2.24, 2.45) is 0 Å². The number of aromatic nitrogens is 1. The largest absolute Gasteiger partial charge is 0.377 e. The number of nitrogens with one attached hydrogen (secondary N) is 1. The van der Waals surface area contributed by atoms with Gasteiger partial charge in [-0.25, -0.2) is 0 Å². The Balaban J connectivity index is 1.92. The van der Waals surface area contributed by atoms with E-state index in [4.69, 9.17) is 14.5 Å². The van der Waals surface area contributed by atoms with E-state index in [9.17, 15) is 0 Å². The fraction of sp³-hybridized carbons (Fsp3) is 0.688. The van der Waals surface area contributed by atoms with E-state index < -0.39 is 0 Å². The topological polar surface area (TPSA) is 46.6 Å². The van der Waals surface area contributed by atoms with Crippen molar-refractivity contribution in [2.75, 3.05) is 27.3 Å². The Bertz CT molecular complexity index is 427. The van der Waals surface area contributed by atoms with Crippen molar-refractivity contribution in [1.29, 1.82) is 0 Å². The normalized spacial score (nSPS) is 23.1. The standard InChI is InChI=1S/C16H27N3O2/c1-12(2)17-8-13-6-5-7-14(18-13)9-19-10-15(20-3)16(11-19)21-4/h5-7,12,15-17H,8-11H2,1-4H3. The number of hydrogen-bond donors (Lipinski definition) is 1. The number of methoxy groups -OCH3 is 2. The van der Waals surface area contributed by atoms with Crippen molar-refractivity contribution >= 4 is 0 Å². The number of hydrogen-bond acceptors (Lipinski definition) is 5.